The number of hydrogen-bond acceptors (Lipinski definition) is 4. The van der Waals surface area contributed by atoms with E-state index in [4.69, 9.17) is 4.74 Å². The Bertz CT molecular complexity index is 731. The molecule has 2 N–H and O–H groups in total. The molecule has 0 bridgehead atoms. The molecule has 0 aliphatic heterocycles. The fourth-order valence-corrected chi connectivity index (χ4v) is 2.80. The molecule has 1 aromatic rings. The fourth-order valence-electron chi connectivity index (χ4n) is 2.80. The van der Waals surface area contributed by atoms with E-state index >= 15 is 0 Å². The molecule has 1 saturated carbocycles. The van der Waals surface area contributed by atoms with Gasteiger partial charge in [-0.15, -0.1) is 0 Å². The highest BCUT2D eigenvalue weighted by Gasteiger charge is 2.50. The van der Waals surface area contributed by atoms with Crippen LogP contribution in [0.15, 0.2) is 23.1 Å². The van der Waals surface area contributed by atoms with Crippen LogP contribution in [0, 0.1) is 5.41 Å². The van der Waals surface area contributed by atoms with Gasteiger partial charge in [0.15, 0.2) is 0 Å². The summed E-state index contributed by atoms with van der Waals surface area (Å²) in [6.07, 6.45) is 1.72. The van der Waals surface area contributed by atoms with Gasteiger partial charge in [-0.2, -0.15) is 0 Å². The Kier molecular flexibility index (Phi) is 4.97. The van der Waals surface area contributed by atoms with E-state index in [1.54, 1.807) is 19.3 Å². The van der Waals surface area contributed by atoms with Crippen molar-refractivity contribution in [3.63, 3.8) is 0 Å². The number of hydrogen-bond donors (Lipinski definition) is 2. The summed E-state index contributed by atoms with van der Waals surface area (Å²) in [6, 6.07) is 2.75. The highest BCUT2D eigenvalue weighted by molar-refractivity contribution is 5.94. The van der Waals surface area contributed by atoms with E-state index in [0.717, 1.165) is 0 Å². The molecule has 0 saturated heterocycles. The van der Waals surface area contributed by atoms with E-state index in [9.17, 15) is 14.4 Å². The molecule has 2 atom stereocenters. The number of alkyl carbamates (subject to hydrolysis) is 1. The van der Waals surface area contributed by atoms with Gasteiger partial charge in [-0.25, -0.2) is 4.79 Å². The predicted molar refractivity (Wildman–Crippen MR) is 94.5 cm³/mol. The fraction of sp³-hybridized carbons (Fsp3) is 0.611. The van der Waals surface area contributed by atoms with Crippen LogP contribution in [0.25, 0.3) is 0 Å². The first kappa shape index (κ1) is 19.0. The van der Waals surface area contributed by atoms with E-state index in [2.05, 4.69) is 10.6 Å². The molecule has 1 aromatic heterocycles. The molecule has 1 aliphatic carbocycles. The van der Waals surface area contributed by atoms with Crippen molar-refractivity contribution in [1.82, 2.24) is 15.2 Å². The first-order valence-corrected chi connectivity index (χ1v) is 8.37. The first-order chi connectivity index (χ1) is 11.4. The second-order valence-electron chi connectivity index (χ2n) is 8.15. The molecule has 0 spiro atoms. The van der Waals surface area contributed by atoms with Gasteiger partial charge in [0, 0.05) is 42.4 Å². The van der Waals surface area contributed by atoms with Crippen LogP contribution in [0.3, 0.4) is 0 Å². The van der Waals surface area contributed by atoms with Crippen molar-refractivity contribution in [2.75, 3.05) is 0 Å². The average molecular weight is 349 g/mol. The molecule has 1 fully saturated rings. The highest BCUT2D eigenvalue weighted by atomic mass is 16.6. The van der Waals surface area contributed by atoms with E-state index < -0.39 is 11.7 Å². The van der Waals surface area contributed by atoms with E-state index in [1.165, 1.54) is 10.6 Å². The highest BCUT2D eigenvalue weighted by Crippen LogP contribution is 2.40. The van der Waals surface area contributed by atoms with E-state index in [0.29, 0.717) is 12.0 Å². The lowest BCUT2D eigenvalue weighted by Gasteiger charge is -2.52. The Labute approximate surface area is 147 Å². The van der Waals surface area contributed by atoms with Crippen molar-refractivity contribution in [3.8, 4) is 0 Å². The van der Waals surface area contributed by atoms with Crippen LogP contribution >= 0.6 is 0 Å². The Morgan fingerprint density at radius 3 is 2.36 bits per heavy atom. The SMILES string of the molecule is Cn1ccc(C(=O)N[C@H]2C[C@H](NC(=O)OC(C)(C)C)C2(C)C)cc1=O. The largest absolute Gasteiger partial charge is 0.444 e. The Morgan fingerprint density at radius 1 is 1.24 bits per heavy atom. The van der Waals surface area contributed by atoms with E-state index in [1.807, 2.05) is 34.6 Å². The molecule has 7 heteroatoms. The van der Waals surface area contributed by atoms with Gasteiger partial charge in [0.05, 0.1) is 0 Å². The number of nitrogens with one attached hydrogen (secondary N) is 2. The Balaban J connectivity index is 1.95. The van der Waals surface area contributed by atoms with Crippen LogP contribution in [0.4, 0.5) is 4.79 Å². The Hall–Kier alpha value is -2.31. The van der Waals surface area contributed by atoms with Crippen LogP contribution in [0.5, 0.6) is 0 Å². The van der Waals surface area contributed by atoms with Crippen LogP contribution < -0.4 is 16.2 Å². The molecule has 0 aromatic carbocycles. The van der Waals surface area contributed by atoms with Gasteiger partial charge in [0.2, 0.25) is 0 Å². The lowest BCUT2D eigenvalue weighted by molar-refractivity contribution is 0.0170. The number of aryl methyl sites for hydroxylation is 1. The van der Waals surface area contributed by atoms with Crippen molar-refractivity contribution in [3.05, 3.63) is 34.2 Å². The van der Waals surface area contributed by atoms with Crippen molar-refractivity contribution in [2.45, 2.75) is 58.7 Å². The molecule has 138 valence electrons. The van der Waals surface area contributed by atoms with Gasteiger partial charge < -0.3 is 19.9 Å². The Morgan fingerprint density at radius 2 is 1.84 bits per heavy atom. The number of rotatable bonds is 3. The lowest BCUT2D eigenvalue weighted by atomic mass is 9.63. The molecular weight excluding hydrogens is 322 g/mol. The number of pyridine rings is 1. The van der Waals surface area contributed by atoms with Crippen LogP contribution in [-0.2, 0) is 11.8 Å². The summed E-state index contributed by atoms with van der Waals surface area (Å²) in [7, 11) is 1.63. The number of ether oxygens (including phenoxy) is 1. The van der Waals surface area contributed by atoms with Crippen LogP contribution in [-0.4, -0.2) is 34.3 Å². The molecule has 0 unspecified atom stereocenters. The third-order valence-electron chi connectivity index (χ3n) is 4.63. The maximum atomic E-state index is 12.3. The molecule has 1 heterocycles. The molecule has 0 radical (unpaired) electrons. The topological polar surface area (TPSA) is 89.4 Å². The van der Waals surface area contributed by atoms with Gasteiger partial charge in [0.25, 0.3) is 11.5 Å². The van der Waals surface area contributed by atoms with Crippen molar-refractivity contribution < 1.29 is 14.3 Å². The van der Waals surface area contributed by atoms with E-state index in [-0.39, 0.29) is 29.0 Å². The zero-order valence-electron chi connectivity index (χ0n) is 15.7. The summed E-state index contributed by atoms with van der Waals surface area (Å²) in [4.78, 5) is 35.9. The quantitative estimate of drug-likeness (QED) is 0.871. The third kappa shape index (κ3) is 4.41. The standard InChI is InChI=1S/C18H27N3O4/c1-17(2,3)25-16(24)20-13-10-12(18(13,4)5)19-15(23)11-7-8-21(6)14(22)9-11/h7-9,12-13H,10H2,1-6H3,(H,19,23)(H,20,24)/t12-,13-/m0/s1. The van der Waals surface area contributed by atoms with Gasteiger partial charge in [-0.1, -0.05) is 13.8 Å². The zero-order valence-corrected chi connectivity index (χ0v) is 15.7. The summed E-state index contributed by atoms with van der Waals surface area (Å²) in [5, 5.41) is 5.80. The second-order valence-corrected chi connectivity index (χ2v) is 8.15. The molecular formula is C18H27N3O4. The van der Waals surface area contributed by atoms with Gasteiger partial charge in [0.1, 0.15) is 5.60 Å². The van der Waals surface area contributed by atoms with Crippen LogP contribution in [0.1, 0.15) is 51.4 Å². The summed E-state index contributed by atoms with van der Waals surface area (Å²) in [6.45, 7) is 9.39. The second kappa shape index (κ2) is 6.54. The molecule has 2 rings (SSSR count). The number of amides is 2. The summed E-state index contributed by atoms with van der Waals surface area (Å²) in [5.41, 5.74) is -0.760. The van der Waals surface area contributed by atoms with Crippen molar-refractivity contribution in [1.29, 1.82) is 0 Å². The number of aromatic nitrogens is 1. The minimum Gasteiger partial charge on any atom is -0.444 e. The predicted octanol–water partition coefficient (Wildman–Crippen LogP) is 1.81. The normalized spacial score (nSPS) is 21.8. The number of carbonyl (C=O) groups is 2. The average Bonchev–Trinajstić information content (AvgIpc) is 2.47. The maximum absolute atomic E-state index is 12.3. The van der Waals surface area contributed by atoms with Crippen LogP contribution in [0.2, 0.25) is 0 Å². The van der Waals surface area contributed by atoms with Crippen molar-refractivity contribution in [2.24, 2.45) is 12.5 Å². The lowest BCUT2D eigenvalue weighted by Crippen LogP contribution is -2.66. The minimum absolute atomic E-state index is 0.0868. The molecule has 7 nitrogen and oxygen atoms in total. The maximum Gasteiger partial charge on any atom is 0.407 e. The minimum atomic E-state index is -0.551. The molecule has 25 heavy (non-hydrogen) atoms. The van der Waals surface area contributed by atoms with Gasteiger partial charge in [-0.05, 0) is 33.3 Å². The third-order valence-corrected chi connectivity index (χ3v) is 4.63. The van der Waals surface area contributed by atoms with Crippen molar-refractivity contribution >= 4 is 12.0 Å². The van der Waals surface area contributed by atoms with Gasteiger partial charge >= 0.3 is 6.09 Å². The smallest absolute Gasteiger partial charge is 0.407 e. The summed E-state index contributed by atoms with van der Waals surface area (Å²) in [5.74, 6) is -0.286. The monoisotopic (exact) mass is 349 g/mol. The first-order valence-electron chi connectivity index (χ1n) is 8.37. The summed E-state index contributed by atoms with van der Waals surface area (Å²) >= 11 is 0. The summed E-state index contributed by atoms with van der Waals surface area (Å²) < 4.78 is 6.68. The zero-order chi connectivity index (χ0) is 19.0. The molecule has 2 amide bonds. The number of carbonyl (C=O) groups excluding carboxylic acids is 2. The number of nitrogens with zero attached hydrogens (tertiary/aromatic N) is 1. The molecule has 1 aliphatic rings. The van der Waals surface area contributed by atoms with Gasteiger partial charge in [-0.3, -0.25) is 9.59 Å².